The summed E-state index contributed by atoms with van der Waals surface area (Å²) in [5.41, 5.74) is 6.08. The first kappa shape index (κ1) is 75.1. The Hall–Kier alpha value is -2.65. The molecular formula is C31H44N3O46S7-9. The van der Waals surface area contributed by atoms with Crippen molar-refractivity contribution in [2.45, 2.75) is 153 Å². The zero-order valence-electron chi connectivity index (χ0n) is 42.0. The first-order chi connectivity index (χ1) is 39.5. The molecule has 0 aromatic carbocycles. The highest BCUT2D eigenvalue weighted by molar-refractivity contribution is 7.84. The van der Waals surface area contributed by atoms with Crippen LogP contribution in [0.3, 0.4) is 0 Å². The standard InChI is InChI=1S/C31H53N3O46S7/c1-66-28-10(34-82(48,49)50)13(37)17(6(72-28)3-68-84(54,55)56)73-31-22(80-87(63,64)65)16(40)21(24(78-31)26(43)44)75-27-8(32)19(79-86(60,61)62)18(7(71-27)4-69-85(57,58)59)74-30-15(39)14(38)20(23(77-30)25(41)42)76-29-9(33-81(45,46)47)12(36)11(35)5(70-29)2-67-83(51,52)53/h5-24,27-31,33-40H,2-4,32H2,1H3,(H,41,42)(H,43,44)(H,45,46,47)(H,48,49,50)(H,51,52,53)(H,54,55,56)(H,57,58,59)(H,60,61,62)(H,63,64,65)/p-9/t5-,6-,7-,8-,9-,10-,11-,12-,13-,14-,15-,16+,17-,18-,19-,20+,21+,22-,23+,24-,27+,28+,29-,30-,31-/m1/s1. The zero-order chi connectivity index (χ0) is 66.2. The maximum atomic E-state index is 12.7. The Labute approximate surface area is 487 Å². The van der Waals surface area contributed by atoms with E-state index < -0.39 is 258 Å². The predicted octanol–water partition coefficient (Wildman–Crippen LogP) is -18.3. The smallest absolute Gasteiger partial charge is 0.218 e. The molecule has 0 spiro atoms. The van der Waals surface area contributed by atoms with Gasteiger partial charge < -0.3 is 135 Å². The summed E-state index contributed by atoms with van der Waals surface area (Å²) in [6.45, 7) is -5.11. The summed E-state index contributed by atoms with van der Waals surface area (Å²) >= 11 is 0. The monoisotopic (exact) mass is 1420 g/mol. The van der Waals surface area contributed by atoms with E-state index in [0.29, 0.717) is 7.11 Å². The number of carbonyl (C=O) groups is 2. The first-order valence-electron chi connectivity index (χ1n) is 22.7. The van der Waals surface area contributed by atoms with Gasteiger partial charge in [-0.1, -0.05) is 0 Å². The third-order valence-corrected chi connectivity index (χ3v) is 15.5. The summed E-state index contributed by atoms with van der Waals surface area (Å²) in [6.07, 6.45) is -62.5. The molecule has 5 rings (SSSR count). The van der Waals surface area contributed by atoms with Gasteiger partial charge in [-0.15, -0.1) is 0 Å². The number of rotatable bonds is 28. The van der Waals surface area contributed by atoms with E-state index in [-0.39, 0.29) is 0 Å². The number of hydrogen-bond acceptors (Lipinski definition) is 47. The third-order valence-electron chi connectivity index (χ3n) is 12.1. The number of aliphatic hydroxyl groups is 6. The Morgan fingerprint density at radius 1 is 0.414 bits per heavy atom. The molecule has 0 aliphatic carbocycles. The van der Waals surface area contributed by atoms with Crippen LogP contribution >= 0.6 is 0 Å². The lowest BCUT2D eigenvalue weighted by atomic mass is 9.94. The second-order valence-corrected chi connectivity index (χ2v) is 25.5. The van der Waals surface area contributed by atoms with Crippen molar-refractivity contribution >= 4 is 84.5 Å². The number of methoxy groups -OCH3 is 1. The molecule has 49 nitrogen and oxygen atoms in total. The van der Waals surface area contributed by atoms with Gasteiger partial charge in [0.25, 0.3) is 0 Å². The Morgan fingerprint density at radius 3 is 1.24 bits per heavy atom. The highest BCUT2D eigenvalue weighted by atomic mass is 32.3. The topological polar surface area (TPSA) is 791 Å². The van der Waals surface area contributed by atoms with Crippen molar-refractivity contribution in [3.63, 3.8) is 0 Å². The van der Waals surface area contributed by atoms with Crippen molar-refractivity contribution in [1.29, 1.82) is 0 Å². The van der Waals surface area contributed by atoms with Gasteiger partial charge in [0.05, 0.1) is 37.8 Å². The minimum atomic E-state index is -6.37. The number of nitrogens with two attached hydrogens (primary N) is 1. The Kier molecular flexibility index (Phi) is 24.8. The zero-order valence-corrected chi connectivity index (χ0v) is 47.7. The lowest BCUT2D eigenvalue weighted by molar-refractivity contribution is -0.388. The first-order valence-corrected chi connectivity index (χ1v) is 32.2. The van der Waals surface area contributed by atoms with Gasteiger partial charge in [-0.25, -0.2) is 68.4 Å². The molecule has 0 amide bonds. The Bertz CT molecular complexity index is 3210. The molecule has 0 aromatic heterocycles. The molecule has 56 heteroatoms. The van der Waals surface area contributed by atoms with Crippen LogP contribution in [0.1, 0.15) is 0 Å². The molecule has 5 saturated heterocycles. The summed E-state index contributed by atoms with van der Waals surface area (Å²) in [4.78, 5) is 25.3. The minimum absolute atomic E-state index is 0.715. The summed E-state index contributed by atoms with van der Waals surface area (Å²) < 4.78 is 321. The second-order valence-electron chi connectivity index (χ2n) is 18.0. The summed E-state index contributed by atoms with van der Waals surface area (Å²) in [6, 6.07) is -7.81. The maximum absolute atomic E-state index is 12.7. The van der Waals surface area contributed by atoms with Crippen LogP contribution in [0.15, 0.2) is 0 Å². The lowest BCUT2D eigenvalue weighted by Gasteiger charge is -2.51. The predicted molar refractivity (Wildman–Crippen MR) is 233 cm³/mol. The number of carboxylic acids is 2. The molecular weight excluding hydrogens is 1370 g/mol. The van der Waals surface area contributed by atoms with Crippen LogP contribution in [-0.4, -0.2) is 314 Å². The second kappa shape index (κ2) is 28.7. The number of ether oxygens (including phenoxy) is 10. The van der Waals surface area contributed by atoms with Crippen molar-refractivity contribution in [2.75, 3.05) is 26.9 Å². The summed E-state index contributed by atoms with van der Waals surface area (Å²) in [5.74, 6) is -5.28. The quantitative estimate of drug-likeness (QED) is 0.0259. The van der Waals surface area contributed by atoms with Gasteiger partial charge in [0.2, 0.25) is 52.0 Å². The van der Waals surface area contributed by atoms with Gasteiger partial charge in [0.15, 0.2) is 58.2 Å². The van der Waals surface area contributed by atoms with E-state index in [4.69, 9.17) is 53.1 Å². The Balaban J connectivity index is 1.52. The fraction of sp³-hybridized carbons (Fsp3) is 0.935. The van der Waals surface area contributed by atoms with Crippen LogP contribution in [0.25, 0.3) is 0 Å². The van der Waals surface area contributed by atoms with E-state index in [9.17, 15) is 141 Å². The average molecular weight is 1420 g/mol. The molecule has 0 unspecified atom stereocenters. The fourth-order valence-electron chi connectivity index (χ4n) is 8.67. The van der Waals surface area contributed by atoms with E-state index in [1.165, 1.54) is 4.72 Å². The van der Waals surface area contributed by atoms with Crippen molar-refractivity contribution in [3.05, 3.63) is 0 Å². The number of carboxylic acid groups (broad SMARTS) is 2. The van der Waals surface area contributed by atoms with E-state index in [1.54, 1.807) is 0 Å². The number of hydrogen-bond donors (Lipinski definition) is 9. The van der Waals surface area contributed by atoms with Gasteiger partial charge in [0, 0.05) is 7.11 Å². The number of aliphatic hydroxyl groups excluding tert-OH is 6. The lowest BCUT2D eigenvalue weighted by Crippen LogP contribution is -2.71. The van der Waals surface area contributed by atoms with Crippen LogP contribution < -0.4 is 25.4 Å². The normalized spacial score (nSPS) is 39.7. The van der Waals surface area contributed by atoms with E-state index in [1.807, 2.05) is 0 Å². The highest BCUT2D eigenvalue weighted by Crippen LogP contribution is 2.38. The van der Waals surface area contributed by atoms with E-state index in [2.05, 4.69) is 20.9 Å². The van der Waals surface area contributed by atoms with Gasteiger partial charge in [-0.3, -0.25) is 20.9 Å². The van der Waals surface area contributed by atoms with Crippen LogP contribution in [0.5, 0.6) is 0 Å². The minimum Gasteiger partial charge on any atom is -0.735 e. The van der Waals surface area contributed by atoms with Gasteiger partial charge in [0.1, 0.15) is 110 Å². The molecule has 510 valence electrons. The van der Waals surface area contributed by atoms with Gasteiger partial charge in [-0.05, 0) is 0 Å². The summed E-state index contributed by atoms with van der Waals surface area (Å²) in [5, 5.41) is 91.7. The molecule has 5 aliphatic rings. The molecule has 0 bridgehead atoms. The number of aliphatic carboxylic acids is 2. The molecule has 5 fully saturated rings. The van der Waals surface area contributed by atoms with E-state index in [0.717, 1.165) is 4.72 Å². The van der Waals surface area contributed by atoms with Gasteiger partial charge >= 0.3 is 0 Å². The number of nitrogens with one attached hydrogen (secondary N) is 2. The largest absolute Gasteiger partial charge is 0.735 e. The van der Waals surface area contributed by atoms with Gasteiger partial charge in [-0.2, -0.15) is 0 Å². The molecule has 5 heterocycles. The fourth-order valence-corrected chi connectivity index (χ4v) is 11.7. The van der Waals surface area contributed by atoms with Crippen molar-refractivity contribution < 1.29 is 210 Å². The van der Waals surface area contributed by atoms with Crippen LogP contribution in [0, 0.1) is 0 Å². The van der Waals surface area contributed by atoms with E-state index >= 15 is 0 Å². The highest BCUT2D eigenvalue weighted by Gasteiger charge is 2.59. The third kappa shape index (κ3) is 21.2. The van der Waals surface area contributed by atoms with Crippen molar-refractivity contribution in [2.24, 2.45) is 5.73 Å². The molecule has 25 atom stereocenters. The molecule has 0 saturated carbocycles. The van der Waals surface area contributed by atoms with Crippen LogP contribution in [0.2, 0.25) is 0 Å². The molecule has 5 aliphatic heterocycles. The summed E-state index contributed by atoms with van der Waals surface area (Å²) in [7, 11) is -41.0. The van der Waals surface area contributed by atoms with Crippen molar-refractivity contribution in [3.8, 4) is 0 Å². The molecule has 0 aromatic rings. The average Bonchev–Trinajstić information content (AvgIpc) is 1.26. The molecule has 0 radical (unpaired) electrons. The maximum Gasteiger partial charge on any atom is 0.218 e. The Morgan fingerprint density at radius 2 is 0.793 bits per heavy atom. The molecule has 10 N–H and O–H groups in total. The van der Waals surface area contributed by atoms with Crippen LogP contribution in [-0.2, 0) is 150 Å². The SMILES string of the molecule is CO[C@H]1O[C@H](COS(=O)(=O)[O-])[C@@H](O[C@@H]2O[C@@H](C(=O)[O-])[C@@H](O[C@@H]3O[C@H](COS(=O)(=O)[O-])[C@@H](O[C@@H]4O[C@H](C(=O)[O-])[C@@H](O[C@H]5O[C@H](COS(=O)(=O)[O-])[C@@H](O)[C@H](O)[C@H]5NS(=O)(=O)[O-])[C@H](O)[C@H]4O)[C@H](OS(=O)(=O)[O-])[C@H]3N)[C@H](O)[C@H]2OS(=O)(=O)[O-])[C@H](O)[C@H]1NS(=O)(=O)[O-]. The van der Waals surface area contributed by atoms with Crippen LogP contribution in [0.4, 0.5) is 0 Å². The van der Waals surface area contributed by atoms with Crippen molar-refractivity contribution in [1.82, 2.24) is 9.44 Å². The molecule has 87 heavy (non-hydrogen) atoms. The number of carbonyl (C=O) groups excluding carboxylic acids is 2.